The molecule has 0 aliphatic heterocycles. The number of rotatable bonds is 3. The highest BCUT2D eigenvalue weighted by atomic mass is 35.5. The highest BCUT2D eigenvalue weighted by Crippen LogP contribution is 2.29. The Labute approximate surface area is 143 Å². The number of H-pyrrole nitrogens is 1. The van der Waals surface area contributed by atoms with Crippen LogP contribution < -0.4 is 5.32 Å². The van der Waals surface area contributed by atoms with Gasteiger partial charge in [-0.25, -0.2) is 20.3 Å². The second-order valence-corrected chi connectivity index (χ2v) is 5.64. The van der Waals surface area contributed by atoms with Crippen LogP contribution in [0.3, 0.4) is 0 Å². The highest BCUT2D eigenvalue weighted by Gasteiger charge is 2.14. The van der Waals surface area contributed by atoms with E-state index in [4.69, 9.17) is 11.6 Å². The Morgan fingerprint density at radius 2 is 1.96 bits per heavy atom. The van der Waals surface area contributed by atoms with Crippen LogP contribution in [-0.2, 0) is 0 Å². The van der Waals surface area contributed by atoms with Gasteiger partial charge in [0.05, 0.1) is 16.1 Å². The van der Waals surface area contributed by atoms with E-state index < -0.39 is 0 Å². The van der Waals surface area contributed by atoms with Gasteiger partial charge in [0.25, 0.3) is 0 Å². The van der Waals surface area contributed by atoms with Crippen molar-refractivity contribution in [2.45, 2.75) is 6.92 Å². The Morgan fingerprint density at radius 1 is 1.08 bits per heavy atom. The van der Waals surface area contributed by atoms with Gasteiger partial charge in [-0.05, 0) is 31.2 Å². The Bertz CT molecular complexity index is 1030. The minimum Gasteiger partial charge on any atom is -0.261 e. The topological polar surface area (TPSA) is 81.5 Å². The maximum Gasteiger partial charge on any atom is 0.167 e. The van der Waals surface area contributed by atoms with Crippen LogP contribution in [0.4, 0.5) is 11.6 Å². The molecule has 0 amide bonds. The molecule has 7 heteroatoms. The first kappa shape index (κ1) is 14.6. The van der Waals surface area contributed by atoms with Crippen molar-refractivity contribution in [2.75, 3.05) is 0 Å². The summed E-state index contributed by atoms with van der Waals surface area (Å²) in [7, 11) is 0. The number of aromatic amines is 1. The molecule has 3 heterocycles. The third-order valence-corrected chi connectivity index (χ3v) is 3.81. The van der Waals surface area contributed by atoms with Crippen molar-refractivity contribution in [1.29, 1.82) is 0 Å². The van der Waals surface area contributed by atoms with Gasteiger partial charge in [0.2, 0.25) is 0 Å². The van der Waals surface area contributed by atoms with Crippen molar-refractivity contribution < 1.29 is 0 Å². The summed E-state index contributed by atoms with van der Waals surface area (Å²) >= 11 is 6.28. The highest BCUT2D eigenvalue weighted by molar-refractivity contribution is 6.33. The molecule has 0 saturated heterocycles. The molecule has 4 aromatic rings. The molecule has 0 spiro atoms. The Morgan fingerprint density at radius 3 is 2.75 bits per heavy atom. The molecule has 4 rings (SSSR count). The molecule has 0 fully saturated rings. The molecule has 6 nitrogen and oxygen atoms in total. The van der Waals surface area contributed by atoms with E-state index >= 15 is 0 Å². The van der Waals surface area contributed by atoms with Gasteiger partial charge in [0.15, 0.2) is 23.1 Å². The van der Waals surface area contributed by atoms with Gasteiger partial charge in [-0.2, -0.15) is 5.10 Å². The Hall–Kier alpha value is -2.99. The van der Waals surface area contributed by atoms with Crippen LogP contribution in [0.15, 0.2) is 48.7 Å². The van der Waals surface area contributed by atoms with Gasteiger partial charge in [0.1, 0.15) is 0 Å². The maximum absolute atomic E-state index is 6.28. The van der Waals surface area contributed by atoms with E-state index in [0.29, 0.717) is 28.1 Å². The molecule has 0 unspecified atom stereocenters. The molecule has 0 aliphatic rings. The van der Waals surface area contributed by atoms with Crippen LogP contribution in [0, 0.1) is 6.92 Å². The number of aromatic nitrogens is 5. The van der Waals surface area contributed by atoms with Gasteiger partial charge in [-0.15, -0.1) is 0 Å². The minimum absolute atomic E-state index is 0.488. The molecule has 0 saturated carbocycles. The van der Waals surface area contributed by atoms with E-state index in [2.05, 4.69) is 30.5 Å². The van der Waals surface area contributed by atoms with Crippen LogP contribution in [0.25, 0.3) is 22.4 Å². The average Bonchev–Trinajstić information content (AvgIpc) is 3.00. The van der Waals surface area contributed by atoms with Gasteiger partial charge in [-0.1, -0.05) is 23.7 Å². The zero-order chi connectivity index (χ0) is 16.5. The quantitative estimate of drug-likeness (QED) is 0.614. The van der Waals surface area contributed by atoms with Gasteiger partial charge in [0, 0.05) is 17.8 Å². The SMILES string of the molecule is Cc1cc([N]c2nc(-c3ccccc3Cl)nc3ncccc23)[nH]n1. The smallest absolute Gasteiger partial charge is 0.167 e. The van der Waals surface area contributed by atoms with E-state index in [1.54, 1.807) is 12.3 Å². The summed E-state index contributed by atoms with van der Waals surface area (Å²) in [6.45, 7) is 1.89. The minimum atomic E-state index is 0.488. The number of aryl methyl sites for hydroxylation is 1. The number of nitrogens with one attached hydrogen (secondary N) is 1. The molecular weight excluding hydrogens is 324 g/mol. The first-order valence-corrected chi connectivity index (χ1v) is 7.70. The fraction of sp³-hybridized carbons (Fsp3) is 0.0588. The van der Waals surface area contributed by atoms with E-state index in [9.17, 15) is 0 Å². The van der Waals surface area contributed by atoms with Gasteiger partial charge in [-0.3, -0.25) is 5.10 Å². The number of fused-ring (bicyclic) bond motifs is 1. The number of hydrogen-bond acceptors (Lipinski definition) is 4. The molecule has 24 heavy (non-hydrogen) atoms. The summed E-state index contributed by atoms with van der Waals surface area (Å²) in [5, 5.41) is 12.9. The van der Waals surface area contributed by atoms with Gasteiger partial charge >= 0.3 is 0 Å². The zero-order valence-electron chi connectivity index (χ0n) is 12.7. The van der Waals surface area contributed by atoms with Crippen LogP contribution in [0.2, 0.25) is 5.02 Å². The van der Waals surface area contributed by atoms with E-state index in [1.807, 2.05) is 43.3 Å². The molecule has 0 aliphatic carbocycles. The summed E-state index contributed by atoms with van der Waals surface area (Å²) in [4.78, 5) is 13.4. The van der Waals surface area contributed by atoms with Crippen molar-refractivity contribution in [2.24, 2.45) is 0 Å². The summed E-state index contributed by atoms with van der Waals surface area (Å²) in [6.07, 6.45) is 1.69. The Balaban J connectivity index is 1.89. The fourth-order valence-corrected chi connectivity index (χ4v) is 2.59. The van der Waals surface area contributed by atoms with Crippen molar-refractivity contribution in [1.82, 2.24) is 30.5 Å². The number of pyridine rings is 1. The fourth-order valence-electron chi connectivity index (χ4n) is 2.37. The van der Waals surface area contributed by atoms with E-state index in [0.717, 1.165) is 16.6 Å². The lowest BCUT2D eigenvalue weighted by Crippen LogP contribution is -2.00. The summed E-state index contributed by atoms with van der Waals surface area (Å²) in [6, 6.07) is 13.0. The van der Waals surface area contributed by atoms with Crippen molar-refractivity contribution in [3.63, 3.8) is 0 Å². The lowest BCUT2D eigenvalue weighted by Gasteiger charge is -2.08. The van der Waals surface area contributed by atoms with Crippen molar-refractivity contribution in [3.05, 3.63) is 59.4 Å². The summed E-state index contributed by atoms with van der Waals surface area (Å²) in [5.41, 5.74) is 2.16. The van der Waals surface area contributed by atoms with Crippen molar-refractivity contribution >= 4 is 34.3 Å². The Kier molecular flexibility index (Phi) is 3.59. The number of halogens is 1. The summed E-state index contributed by atoms with van der Waals surface area (Å²) in [5.74, 6) is 1.63. The van der Waals surface area contributed by atoms with Crippen molar-refractivity contribution in [3.8, 4) is 11.4 Å². The molecule has 1 aromatic carbocycles. The second kappa shape index (κ2) is 5.90. The molecule has 0 bridgehead atoms. The zero-order valence-corrected chi connectivity index (χ0v) is 13.5. The maximum atomic E-state index is 6.28. The number of hydrogen-bond donors (Lipinski definition) is 1. The number of benzene rings is 1. The predicted octanol–water partition coefficient (Wildman–Crippen LogP) is 3.94. The third kappa shape index (κ3) is 2.68. The normalized spacial score (nSPS) is 10.9. The second-order valence-electron chi connectivity index (χ2n) is 5.23. The largest absolute Gasteiger partial charge is 0.261 e. The van der Waals surface area contributed by atoms with Crippen LogP contribution >= 0.6 is 11.6 Å². The number of nitrogens with zero attached hydrogens (tertiary/aromatic N) is 5. The predicted molar refractivity (Wildman–Crippen MR) is 92.6 cm³/mol. The molecule has 0 atom stereocenters. The van der Waals surface area contributed by atoms with E-state index in [-0.39, 0.29) is 0 Å². The molecule has 3 aromatic heterocycles. The first-order chi connectivity index (χ1) is 11.7. The third-order valence-electron chi connectivity index (χ3n) is 3.48. The molecule has 1 N–H and O–H groups in total. The molecular formula is C17H12ClN6. The average molecular weight is 336 g/mol. The monoisotopic (exact) mass is 335 g/mol. The lowest BCUT2D eigenvalue weighted by molar-refractivity contribution is 0.985. The van der Waals surface area contributed by atoms with Crippen LogP contribution in [0.5, 0.6) is 0 Å². The molecule has 117 valence electrons. The van der Waals surface area contributed by atoms with Crippen LogP contribution in [-0.4, -0.2) is 25.1 Å². The molecule has 1 radical (unpaired) electrons. The summed E-state index contributed by atoms with van der Waals surface area (Å²) < 4.78 is 0. The first-order valence-electron chi connectivity index (χ1n) is 7.32. The standard InChI is InChI=1S/C17H12ClN6/c1-10-9-14(24-23-10)20-17-12-6-4-8-19-15(12)21-16(22-17)11-5-2-3-7-13(11)18/h2-9H,1H3,(H,23,24). The van der Waals surface area contributed by atoms with Gasteiger partial charge < -0.3 is 0 Å². The lowest BCUT2D eigenvalue weighted by atomic mass is 10.2. The van der Waals surface area contributed by atoms with Crippen LogP contribution in [0.1, 0.15) is 5.69 Å². The van der Waals surface area contributed by atoms with E-state index in [1.165, 1.54) is 0 Å².